The van der Waals surface area contributed by atoms with E-state index in [9.17, 15) is 0 Å². The summed E-state index contributed by atoms with van der Waals surface area (Å²) in [7, 11) is 0. The Labute approximate surface area is 84.1 Å². The largest absolute Gasteiger partial charge is 0.103 e. The van der Waals surface area contributed by atoms with Gasteiger partial charge in [-0.15, -0.1) is 11.8 Å². The summed E-state index contributed by atoms with van der Waals surface area (Å²) in [5, 5.41) is 0. The molecule has 0 aromatic carbocycles. The third-order valence-corrected chi connectivity index (χ3v) is 2.49. The van der Waals surface area contributed by atoms with Crippen molar-refractivity contribution >= 4 is 0 Å². The van der Waals surface area contributed by atoms with Gasteiger partial charge >= 0.3 is 0 Å². The van der Waals surface area contributed by atoms with Gasteiger partial charge in [0.25, 0.3) is 0 Å². The van der Waals surface area contributed by atoms with Crippen molar-refractivity contribution in [2.45, 2.75) is 53.9 Å². The molecule has 0 spiro atoms. The molecule has 0 aliphatic rings. The van der Waals surface area contributed by atoms with E-state index in [1.165, 1.54) is 12.8 Å². The number of hydrogen-bond acceptors (Lipinski definition) is 0. The molecule has 0 heterocycles. The second-order valence-corrected chi connectivity index (χ2v) is 4.59. The van der Waals surface area contributed by atoms with Crippen LogP contribution in [0.25, 0.3) is 0 Å². The van der Waals surface area contributed by atoms with Crippen LogP contribution in [0, 0.1) is 29.6 Å². The van der Waals surface area contributed by atoms with Gasteiger partial charge in [-0.05, 0) is 24.7 Å². The fourth-order valence-electron chi connectivity index (χ4n) is 1.12. The topological polar surface area (TPSA) is 0 Å². The summed E-state index contributed by atoms with van der Waals surface area (Å²) in [6.45, 7) is 11.2. The lowest BCUT2D eigenvalue weighted by Gasteiger charge is -2.13. The van der Waals surface area contributed by atoms with E-state index in [4.69, 9.17) is 0 Å². The minimum absolute atomic E-state index is 0.530. The molecule has 1 unspecified atom stereocenters. The van der Waals surface area contributed by atoms with E-state index in [1.807, 2.05) is 0 Å². The molecule has 0 nitrogen and oxygen atoms in total. The quantitative estimate of drug-likeness (QED) is 0.451. The van der Waals surface area contributed by atoms with Gasteiger partial charge in [0.15, 0.2) is 0 Å². The van der Waals surface area contributed by atoms with Crippen LogP contribution in [0.15, 0.2) is 0 Å². The van der Waals surface area contributed by atoms with E-state index in [2.05, 4.69) is 46.5 Å². The van der Waals surface area contributed by atoms with E-state index < -0.39 is 0 Å². The Kier molecular flexibility index (Phi) is 6.77. The predicted octanol–water partition coefficient (Wildman–Crippen LogP) is 4.11. The highest BCUT2D eigenvalue weighted by Crippen LogP contribution is 2.16. The fraction of sp³-hybridized carbons (Fsp3) is 0.846. The molecule has 0 aromatic heterocycles. The lowest BCUT2D eigenvalue weighted by atomic mass is 9.93. The summed E-state index contributed by atoms with van der Waals surface area (Å²) in [5.74, 6) is 8.62. The van der Waals surface area contributed by atoms with Gasteiger partial charge in [-0.2, -0.15) is 0 Å². The van der Waals surface area contributed by atoms with Gasteiger partial charge < -0.3 is 0 Å². The lowest BCUT2D eigenvalue weighted by Crippen LogP contribution is -2.02. The summed E-state index contributed by atoms with van der Waals surface area (Å²) >= 11 is 0. The first-order chi connectivity index (χ1) is 6.04. The highest BCUT2D eigenvalue weighted by atomic mass is 14.1. The number of hydrogen-bond donors (Lipinski definition) is 0. The average molecular weight is 180 g/mol. The molecule has 0 saturated carbocycles. The molecule has 0 saturated heterocycles. The summed E-state index contributed by atoms with van der Waals surface area (Å²) in [4.78, 5) is 0. The van der Waals surface area contributed by atoms with Crippen molar-refractivity contribution in [3.05, 3.63) is 0 Å². The van der Waals surface area contributed by atoms with Gasteiger partial charge in [0, 0.05) is 12.3 Å². The highest BCUT2D eigenvalue weighted by Gasteiger charge is 2.05. The van der Waals surface area contributed by atoms with Gasteiger partial charge in [0.1, 0.15) is 0 Å². The molecule has 13 heavy (non-hydrogen) atoms. The zero-order chi connectivity index (χ0) is 10.3. The smallest absolute Gasteiger partial charge is 0.0146 e. The first kappa shape index (κ1) is 12.6. The summed E-state index contributed by atoms with van der Waals surface area (Å²) in [5.41, 5.74) is 0. The second-order valence-electron chi connectivity index (χ2n) is 4.59. The van der Waals surface area contributed by atoms with Crippen molar-refractivity contribution in [3.63, 3.8) is 0 Å². The van der Waals surface area contributed by atoms with E-state index in [0.29, 0.717) is 5.92 Å². The molecule has 0 amide bonds. The van der Waals surface area contributed by atoms with Crippen LogP contribution in [0.5, 0.6) is 0 Å². The first-order valence-corrected chi connectivity index (χ1v) is 5.52. The van der Waals surface area contributed by atoms with Crippen molar-refractivity contribution in [2.75, 3.05) is 0 Å². The summed E-state index contributed by atoms with van der Waals surface area (Å²) in [6, 6.07) is 0. The molecular weight excluding hydrogens is 156 g/mol. The van der Waals surface area contributed by atoms with E-state index >= 15 is 0 Å². The van der Waals surface area contributed by atoms with Crippen LogP contribution in [0.4, 0.5) is 0 Å². The molecule has 0 aliphatic carbocycles. The van der Waals surface area contributed by atoms with Crippen LogP contribution in [0.2, 0.25) is 0 Å². The lowest BCUT2D eigenvalue weighted by molar-refractivity contribution is 0.384. The van der Waals surface area contributed by atoms with Crippen LogP contribution in [0.1, 0.15) is 53.9 Å². The number of unbranched alkanes of at least 4 members (excludes halogenated alkanes) is 1. The van der Waals surface area contributed by atoms with Crippen molar-refractivity contribution in [1.29, 1.82) is 0 Å². The Bertz CT molecular complexity index is 166. The maximum Gasteiger partial charge on any atom is 0.0146 e. The Morgan fingerprint density at radius 1 is 1.00 bits per heavy atom. The molecule has 1 atom stereocenters. The van der Waals surface area contributed by atoms with Gasteiger partial charge in [-0.25, -0.2) is 0 Å². The van der Waals surface area contributed by atoms with Crippen molar-refractivity contribution in [1.82, 2.24) is 0 Å². The Balaban J connectivity index is 3.42. The van der Waals surface area contributed by atoms with Crippen LogP contribution >= 0.6 is 0 Å². The Morgan fingerprint density at radius 3 is 2.08 bits per heavy atom. The van der Waals surface area contributed by atoms with Crippen LogP contribution in [0.3, 0.4) is 0 Å². The minimum atomic E-state index is 0.530. The average Bonchev–Trinajstić information content (AvgIpc) is 2.02. The third kappa shape index (κ3) is 7.91. The van der Waals surface area contributed by atoms with Crippen LogP contribution in [-0.4, -0.2) is 0 Å². The molecule has 0 rings (SSSR count). The van der Waals surface area contributed by atoms with E-state index in [1.54, 1.807) is 0 Å². The molecule has 0 heteroatoms. The van der Waals surface area contributed by atoms with Crippen LogP contribution in [-0.2, 0) is 0 Å². The zero-order valence-electron chi connectivity index (χ0n) is 9.85. The molecule has 0 aromatic rings. The highest BCUT2D eigenvalue weighted by molar-refractivity contribution is 5.00. The van der Waals surface area contributed by atoms with Gasteiger partial charge in [0.2, 0.25) is 0 Å². The standard InChI is InChI=1S/C13H24/c1-11(2)9-7-6-8-10-13(5)12(3)4/h11-13H,6,8,10H2,1-5H3. The van der Waals surface area contributed by atoms with E-state index in [-0.39, 0.29) is 0 Å². The molecular formula is C13H24. The van der Waals surface area contributed by atoms with Crippen molar-refractivity contribution in [3.8, 4) is 11.8 Å². The van der Waals surface area contributed by atoms with Crippen molar-refractivity contribution < 1.29 is 0 Å². The molecule has 0 N–H and O–H groups in total. The van der Waals surface area contributed by atoms with Gasteiger partial charge in [-0.1, -0.05) is 34.6 Å². The maximum atomic E-state index is 3.23. The summed E-state index contributed by atoms with van der Waals surface area (Å²) in [6.07, 6.45) is 3.67. The van der Waals surface area contributed by atoms with Gasteiger partial charge in [0.05, 0.1) is 0 Å². The van der Waals surface area contributed by atoms with E-state index in [0.717, 1.165) is 18.3 Å². The third-order valence-electron chi connectivity index (χ3n) is 2.49. The monoisotopic (exact) mass is 180 g/mol. The predicted molar refractivity (Wildman–Crippen MR) is 60.5 cm³/mol. The maximum absolute atomic E-state index is 3.23. The zero-order valence-corrected chi connectivity index (χ0v) is 9.85. The Hall–Kier alpha value is -0.440. The van der Waals surface area contributed by atoms with Crippen LogP contribution < -0.4 is 0 Å². The molecule has 76 valence electrons. The SMILES string of the molecule is CC(C)C#CCCCC(C)C(C)C. The molecule has 0 aliphatic heterocycles. The normalized spacial score (nSPS) is 12.8. The summed E-state index contributed by atoms with van der Waals surface area (Å²) < 4.78 is 0. The molecule has 0 bridgehead atoms. The molecule has 0 radical (unpaired) electrons. The first-order valence-electron chi connectivity index (χ1n) is 5.52. The minimum Gasteiger partial charge on any atom is -0.103 e. The fourth-order valence-corrected chi connectivity index (χ4v) is 1.12. The number of rotatable bonds is 4. The van der Waals surface area contributed by atoms with Crippen molar-refractivity contribution in [2.24, 2.45) is 17.8 Å². The molecule has 0 fully saturated rings. The second kappa shape index (κ2) is 7.01. The Morgan fingerprint density at radius 2 is 1.62 bits per heavy atom. The van der Waals surface area contributed by atoms with Gasteiger partial charge in [-0.3, -0.25) is 0 Å².